The number of nitrogens with one attached hydrogen (secondary N) is 2. The average Bonchev–Trinajstić information content (AvgIpc) is 2.87. The zero-order chi connectivity index (χ0) is 15.0. The molecule has 0 aromatic carbocycles. The van der Waals surface area contributed by atoms with E-state index in [-0.39, 0.29) is 18.0 Å². The highest BCUT2D eigenvalue weighted by Crippen LogP contribution is 2.25. The van der Waals surface area contributed by atoms with E-state index in [0.717, 1.165) is 19.3 Å². The maximum absolute atomic E-state index is 11.8. The van der Waals surface area contributed by atoms with E-state index in [4.69, 9.17) is 5.11 Å². The first kappa shape index (κ1) is 16.8. The molecule has 0 bridgehead atoms. The van der Waals surface area contributed by atoms with Gasteiger partial charge >= 0.3 is 12.0 Å². The smallest absolute Gasteiger partial charge is 0.315 e. The Morgan fingerprint density at radius 3 is 2.60 bits per heavy atom. The fraction of sp³-hybridized carbons (Fsp3) is 0.867. The molecule has 0 aromatic rings. The monoisotopic (exact) mass is 284 g/mol. The van der Waals surface area contributed by atoms with E-state index in [2.05, 4.69) is 24.5 Å². The molecule has 5 heteroatoms. The van der Waals surface area contributed by atoms with Crippen LogP contribution in [-0.4, -0.2) is 29.7 Å². The summed E-state index contributed by atoms with van der Waals surface area (Å²) in [6.45, 7) is 5.03. The SMILES string of the molecule is CCCCC(CC)CNC(=O)N[C@H]1CC[C@@H](C(=O)O)C1. The number of urea groups is 1. The summed E-state index contributed by atoms with van der Waals surface area (Å²) >= 11 is 0. The number of carboxylic acid groups (broad SMARTS) is 1. The summed E-state index contributed by atoms with van der Waals surface area (Å²) in [5.41, 5.74) is 0. The first-order valence-corrected chi connectivity index (χ1v) is 7.83. The van der Waals surface area contributed by atoms with Crippen LogP contribution in [0.25, 0.3) is 0 Å². The van der Waals surface area contributed by atoms with Crippen LogP contribution >= 0.6 is 0 Å². The van der Waals surface area contributed by atoms with Gasteiger partial charge < -0.3 is 15.7 Å². The van der Waals surface area contributed by atoms with Gasteiger partial charge in [-0.25, -0.2) is 4.79 Å². The molecule has 1 unspecified atom stereocenters. The van der Waals surface area contributed by atoms with E-state index in [9.17, 15) is 9.59 Å². The fourth-order valence-corrected chi connectivity index (χ4v) is 2.75. The molecule has 5 nitrogen and oxygen atoms in total. The Kier molecular flexibility index (Phi) is 7.41. The number of amides is 2. The second-order valence-electron chi connectivity index (χ2n) is 5.82. The summed E-state index contributed by atoms with van der Waals surface area (Å²) in [5.74, 6) is -0.510. The van der Waals surface area contributed by atoms with Gasteiger partial charge in [0.15, 0.2) is 0 Å². The summed E-state index contributed by atoms with van der Waals surface area (Å²) in [7, 11) is 0. The lowest BCUT2D eigenvalue weighted by Gasteiger charge is -2.17. The molecule has 1 fully saturated rings. The minimum absolute atomic E-state index is 0.00631. The van der Waals surface area contributed by atoms with E-state index in [1.165, 1.54) is 12.8 Å². The van der Waals surface area contributed by atoms with Gasteiger partial charge in [-0.3, -0.25) is 4.79 Å². The number of hydrogen-bond donors (Lipinski definition) is 3. The molecule has 0 aliphatic heterocycles. The normalized spacial score (nSPS) is 23.3. The van der Waals surface area contributed by atoms with Gasteiger partial charge in [0.2, 0.25) is 0 Å². The van der Waals surface area contributed by atoms with Crippen LogP contribution in [0.1, 0.15) is 58.8 Å². The topological polar surface area (TPSA) is 78.4 Å². The Morgan fingerprint density at radius 1 is 1.30 bits per heavy atom. The number of unbranched alkanes of at least 4 members (excludes halogenated alkanes) is 1. The number of carboxylic acids is 1. The molecule has 0 aromatic heterocycles. The first-order chi connectivity index (χ1) is 9.56. The van der Waals surface area contributed by atoms with Crippen LogP contribution in [0, 0.1) is 11.8 Å². The molecular formula is C15H28N2O3. The second kappa shape index (κ2) is 8.82. The maximum Gasteiger partial charge on any atom is 0.315 e. The van der Waals surface area contributed by atoms with Crippen molar-refractivity contribution in [3.05, 3.63) is 0 Å². The summed E-state index contributed by atoms with van der Waals surface area (Å²) in [6.07, 6.45) is 6.58. The van der Waals surface area contributed by atoms with Gasteiger partial charge in [0.05, 0.1) is 5.92 Å². The van der Waals surface area contributed by atoms with E-state index < -0.39 is 5.97 Å². The average molecular weight is 284 g/mol. The van der Waals surface area contributed by atoms with Crippen LogP contribution in [0.3, 0.4) is 0 Å². The van der Waals surface area contributed by atoms with Gasteiger partial charge in [0, 0.05) is 12.6 Å². The van der Waals surface area contributed by atoms with Crippen LogP contribution in [0.4, 0.5) is 4.79 Å². The lowest BCUT2D eigenvalue weighted by Crippen LogP contribution is -2.42. The number of carbonyl (C=O) groups is 2. The largest absolute Gasteiger partial charge is 0.481 e. The number of hydrogen-bond acceptors (Lipinski definition) is 2. The molecular weight excluding hydrogens is 256 g/mol. The summed E-state index contributed by atoms with van der Waals surface area (Å²) < 4.78 is 0. The van der Waals surface area contributed by atoms with Crippen molar-refractivity contribution < 1.29 is 14.7 Å². The molecule has 0 spiro atoms. The van der Waals surface area contributed by atoms with Gasteiger partial charge in [-0.15, -0.1) is 0 Å². The van der Waals surface area contributed by atoms with Gasteiger partial charge in [0.25, 0.3) is 0 Å². The van der Waals surface area contributed by atoms with Crippen LogP contribution in [-0.2, 0) is 4.79 Å². The van der Waals surface area contributed by atoms with Crippen LogP contribution in [0.2, 0.25) is 0 Å². The molecule has 0 heterocycles. The first-order valence-electron chi connectivity index (χ1n) is 7.83. The molecule has 1 rings (SSSR count). The minimum Gasteiger partial charge on any atom is -0.481 e. The Balaban J connectivity index is 2.21. The van der Waals surface area contributed by atoms with Crippen molar-refractivity contribution in [1.82, 2.24) is 10.6 Å². The molecule has 116 valence electrons. The van der Waals surface area contributed by atoms with Crippen molar-refractivity contribution >= 4 is 12.0 Å². The third-order valence-corrected chi connectivity index (χ3v) is 4.21. The number of aliphatic carboxylic acids is 1. The molecule has 3 atom stereocenters. The van der Waals surface area contributed by atoms with E-state index >= 15 is 0 Å². The van der Waals surface area contributed by atoms with Crippen molar-refractivity contribution in [3.8, 4) is 0 Å². The summed E-state index contributed by atoms with van der Waals surface area (Å²) in [4.78, 5) is 22.7. The van der Waals surface area contributed by atoms with Gasteiger partial charge in [-0.2, -0.15) is 0 Å². The maximum atomic E-state index is 11.8. The van der Waals surface area contributed by atoms with E-state index in [1.807, 2.05) is 0 Å². The Hall–Kier alpha value is -1.26. The lowest BCUT2D eigenvalue weighted by atomic mass is 9.99. The molecule has 1 aliphatic carbocycles. The number of carbonyl (C=O) groups excluding carboxylic acids is 1. The second-order valence-corrected chi connectivity index (χ2v) is 5.82. The Morgan fingerprint density at radius 2 is 2.05 bits per heavy atom. The van der Waals surface area contributed by atoms with Gasteiger partial charge in [-0.1, -0.05) is 33.1 Å². The third kappa shape index (κ3) is 5.80. The highest BCUT2D eigenvalue weighted by Gasteiger charge is 2.30. The predicted octanol–water partition coefficient (Wildman–Crippen LogP) is 2.76. The van der Waals surface area contributed by atoms with Crippen molar-refractivity contribution in [3.63, 3.8) is 0 Å². The van der Waals surface area contributed by atoms with Crippen molar-refractivity contribution in [1.29, 1.82) is 0 Å². The summed E-state index contributed by atoms with van der Waals surface area (Å²) in [6, 6.07) is -0.150. The van der Waals surface area contributed by atoms with Crippen molar-refractivity contribution in [2.45, 2.75) is 64.8 Å². The van der Waals surface area contributed by atoms with Crippen LogP contribution in [0.5, 0.6) is 0 Å². The Bertz CT molecular complexity index is 320. The Labute approximate surface area is 121 Å². The fourth-order valence-electron chi connectivity index (χ4n) is 2.75. The van der Waals surface area contributed by atoms with Crippen molar-refractivity contribution in [2.75, 3.05) is 6.54 Å². The highest BCUT2D eigenvalue weighted by molar-refractivity contribution is 5.75. The highest BCUT2D eigenvalue weighted by atomic mass is 16.4. The van der Waals surface area contributed by atoms with Crippen molar-refractivity contribution in [2.24, 2.45) is 11.8 Å². The molecule has 1 aliphatic rings. The molecule has 3 N–H and O–H groups in total. The lowest BCUT2D eigenvalue weighted by molar-refractivity contribution is -0.141. The number of rotatable bonds is 8. The molecule has 20 heavy (non-hydrogen) atoms. The van der Waals surface area contributed by atoms with E-state index in [0.29, 0.717) is 25.3 Å². The van der Waals surface area contributed by atoms with Crippen LogP contribution < -0.4 is 10.6 Å². The molecule has 0 saturated heterocycles. The van der Waals surface area contributed by atoms with Gasteiger partial charge in [0.1, 0.15) is 0 Å². The van der Waals surface area contributed by atoms with E-state index in [1.54, 1.807) is 0 Å². The molecule has 0 radical (unpaired) electrons. The zero-order valence-corrected chi connectivity index (χ0v) is 12.7. The van der Waals surface area contributed by atoms with Gasteiger partial charge in [-0.05, 0) is 31.6 Å². The molecule has 2 amide bonds. The van der Waals surface area contributed by atoms with Crippen LogP contribution in [0.15, 0.2) is 0 Å². The standard InChI is InChI=1S/C15H28N2O3/c1-3-5-6-11(4-2)10-16-15(20)17-13-8-7-12(9-13)14(18)19/h11-13H,3-10H2,1-2H3,(H,18,19)(H2,16,17,20)/t11?,12-,13+/m1/s1. The minimum atomic E-state index is -0.750. The summed E-state index contributed by atoms with van der Waals surface area (Å²) in [5, 5.41) is 14.7. The third-order valence-electron chi connectivity index (χ3n) is 4.21. The molecule has 1 saturated carbocycles. The zero-order valence-electron chi connectivity index (χ0n) is 12.7. The quantitative estimate of drug-likeness (QED) is 0.641. The predicted molar refractivity (Wildman–Crippen MR) is 78.6 cm³/mol.